The van der Waals surface area contributed by atoms with Gasteiger partial charge < -0.3 is 5.73 Å². The number of rotatable bonds is 5. The molecule has 0 amide bonds. The molecule has 0 atom stereocenters. The Morgan fingerprint density at radius 1 is 1.26 bits per heavy atom. The van der Waals surface area contributed by atoms with E-state index in [1.165, 1.54) is 11.3 Å². The molecule has 2 aromatic heterocycles. The predicted octanol–water partition coefficient (Wildman–Crippen LogP) is 2.66. The zero-order valence-electron chi connectivity index (χ0n) is 11.4. The standard InChI is InChI=1S/C14H19BrN4/c1-3-12-11(7-8-16)13(4-2)19(18-12)14-6-5-10(15)9-17-14/h5-6,9H,3-4,7-8,16H2,1-2H3. The Morgan fingerprint density at radius 2 is 2.05 bits per heavy atom. The zero-order valence-corrected chi connectivity index (χ0v) is 12.9. The van der Waals surface area contributed by atoms with Crippen LogP contribution in [0.3, 0.4) is 0 Å². The smallest absolute Gasteiger partial charge is 0.153 e. The number of aryl methyl sites for hydroxylation is 1. The minimum atomic E-state index is 0.652. The monoisotopic (exact) mass is 322 g/mol. The first-order valence-corrected chi connectivity index (χ1v) is 7.42. The highest BCUT2D eigenvalue weighted by atomic mass is 79.9. The maximum atomic E-state index is 5.72. The molecule has 4 nitrogen and oxygen atoms in total. The molecule has 2 heterocycles. The van der Waals surface area contributed by atoms with Gasteiger partial charge in [-0.25, -0.2) is 9.67 Å². The third kappa shape index (κ3) is 2.87. The molecule has 102 valence electrons. The Kier molecular flexibility index (Phi) is 4.71. The summed E-state index contributed by atoms with van der Waals surface area (Å²) < 4.78 is 2.93. The third-order valence-corrected chi connectivity index (χ3v) is 3.64. The van der Waals surface area contributed by atoms with E-state index in [-0.39, 0.29) is 0 Å². The Hall–Kier alpha value is -1.20. The Morgan fingerprint density at radius 3 is 2.58 bits per heavy atom. The van der Waals surface area contributed by atoms with Gasteiger partial charge in [0.2, 0.25) is 0 Å². The van der Waals surface area contributed by atoms with E-state index in [4.69, 9.17) is 10.8 Å². The largest absolute Gasteiger partial charge is 0.330 e. The minimum Gasteiger partial charge on any atom is -0.330 e. The van der Waals surface area contributed by atoms with Crippen molar-refractivity contribution in [2.24, 2.45) is 5.73 Å². The lowest BCUT2D eigenvalue weighted by molar-refractivity contribution is 0.770. The number of nitrogens with two attached hydrogens (primary N) is 1. The summed E-state index contributed by atoms with van der Waals surface area (Å²) >= 11 is 3.40. The minimum absolute atomic E-state index is 0.652. The van der Waals surface area contributed by atoms with Crippen molar-refractivity contribution in [1.29, 1.82) is 0 Å². The van der Waals surface area contributed by atoms with E-state index in [9.17, 15) is 0 Å². The van der Waals surface area contributed by atoms with Crippen LogP contribution >= 0.6 is 15.9 Å². The van der Waals surface area contributed by atoms with Gasteiger partial charge in [0.15, 0.2) is 5.82 Å². The Bertz CT molecular complexity index is 545. The maximum absolute atomic E-state index is 5.72. The van der Waals surface area contributed by atoms with Crippen molar-refractivity contribution in [3.63, 3.8) is 0 Å². The van der Waals surface area contributed by atoms with Crippen LogP contribution in [0.15, 0.2) is 22.8 Å². The van der Waals surface area contributed by atoms with E-state index in [2.05, 4.69) is 34.8 Å². The van der Waals surface area contributed by atoms with E-state index >= 15 is 0 Å². The van der Waals surface area contributed by atoms with Crippen LogP contribution in [0.2, 0.25) is 0 Å². The molecular weight excluding hydrogens is 304 g/mol. The Balaban J connectivity index is 2.53. The summed E-state index contributed by atoms with van der Waals surface area (Å²) in [5.74, 6) is 0.859. The summed E-state index contributed by atoms with van der Waals surface area (Å²) in [5.41, 5.74) is 9.36. The van der Waals surface area contributed by atoms with Crippen molar-refractivity contribution >= 4 is 15.9 Å². The van der Waals surface area contributed by atoms with E-state index in [1.807, 2.05) is 16.8 Å². The highest BCUT2D eigenvalue weighted by Crippen LogP contribution is 2.20. The number of hydrogen-bond acceptors (Lipinski definition) is 3. The number of pyridine rings is 1. The van der Waals surface area contributed by atoms with Gasteiger partial charge in [-0.3, -0.25) is 0 Å². The molecule has 0 spiro atoms. The van der Waals surface area contributed by atoms with Gasteiger partial charge in [0.1, 0.15) is 0 Å². The van der Waals surface area contributed by atoms with E-state index in [1.54, 1.807) is 6.20 Å². The summed E-state index contributed by atoms with van der Waals surface area (Å²) in [7, 11) is 0. The fourth-order valence-electron chi connectivity index (χ4n) is 2.30. The van der Waals surface area contributed by atoms with Crippen LogP contribution in [0.25, 0.3) is 5.82 Å². The van der Waals surface area contributed by atoms with E-state index < -0.39 is 0 Å². The molecule has 0 saturated heterocycles. The molecule has 19 heavy (non-hydrogen) atoms. The normalized spacial score (nSPS) is 10.9. The molecule has 0 aliphatic rings. The number of halogens is 1. The second-order valence-corrected chi connectivity index (χ2v) is 5.28. The first-order chi connectivity index (χ1) is 9.21. The lowest BCUT2D eigenvalue weighted by Gasteiger charge is -2.06. The van der Waals surface area contributed by atoms with Crippen LogP contribution in [0.4, 0.5) is 0 Å². The molecule has 0 radical (unpaired) electrons. The van der Waals surface area contributed by atoms with Crippen molar-refractivity contribution in [3.05, 3.63) is 39.8 Å². The van der Waals surface area contributed by atoms with Gasteiger partial charge in [0.05, 0.1) is 5.69 Å². The van der Waals surface area contributed by atoms with Gasteiger partial charge in [0.25, 0.3) is 0 Å². The first-order valence-electron chi connectivity index (χ1n) is 6.62. The zero-order chi connectivity index (χ0) is 13.8. The number of nitrogens with zero attached hydrogens (tertiary/aromatic N) is 3. The van der Waals surface area contributed by atoms with Crippen LogP contribution in [0, 0.1) is 0 Å². The van der Waals surface area contributed by atoms with Crippen LogP contribution in [-0.2, 0) is 19.3 Å². The average Bonchev–Trinajstić information content (AvgIpc) is 2.78. The van der Waals surface area contributed by atoms with Gasteiger partial charge in [-0.2, -0.15) is 5.10 Å². The molecule has 0 aliphatic heterocycles. The third-order valence-electron chi connectivity index (χ3n) is 3.17. The molecule has 2 rings (SSSR count). The predicted molar refractivity (Wildman–Crippen MR) is 80.6 cm³/mol. The molecule has 0 aromatic carbocycles. The van der Waals surface area contributed by atoms with Gasteiger partial charge in [0, 0.05) is 16.4 Å². The molecule has 2 aromatic rings. The van der Waals surface area contributed by atoms with E-state index in [0.717, 1.165) is 35.2 Å². The van der Waals surface area contributed by atoms with Crippen LogP contribution < -0.4 is 5.73 Å². The summed E-state index contributed by atoms with van der Waals surface area (Å²) in [6.45, 7) is 4.92. The second kappa shape index (κ2) is 6.30. The molecule has 0 unspecified atom stereocenters. The van der Waals surface area contributed by atoms with Crippen LogP contribution in [0.5, 0.6) is 0 Å². The van der Waals surface area contributed by atoms with Crippen molar-refractivity contribution in [2.75, 3.05) is 6.54 Å². The quantitative estimate of drug-likeness (QED) is 0.920. The summed E-state index contributed by atoms with van der Waals surface area (Å²) in [6.07, 6.45) is 4.53. The number of aromatic nitrogens is 3. The fourth-order valence-corrected chi connectivity index (χ4v) is 2.53. The summed E-state index contributed by atoms with van der Waals surface area (Å²) in [5, 5.41) is 4.70. The van der Waals surface area contributed by atoms with Crippen molar-refractivity contribution in [3.8, 4) is 5.82 Å². The maximum Gasteiger partial charge on any atom is 0.153 e. The molecule has 0 saturated carbocycles. The second-order valence-electron chi connectivity index (χ2n) is 4.36. The molecule has 0 fully saturated rings. The highest BCUT2D eigenvalue weighted by molar-refractivity contribution is 9.10. The summed E-state index contributed by atoms with van der Waals surface area (Å²) in [4.78, 5) is 4.43. The highest BCUT2D eigenvalue weighted by Gasteiger charge is 2.16. The molecular formula is C14H19BrN4. The molecule has 0 aliphatic carbocycles. The van der Waals surface area contributed by atoms with Gasteiger partial charge in [-0.1, -0.05) is 13.8 Å². The molecule has 2 N–H and O–H groups in total. The number of hydrogen-bond donors (Lipinski definition) is 1. The molecule has 0 bridgehead atoms. The Labute approximate surface area is 122 Å². The van der Waals surface area contributed by atoms with E-state index in [0.29, 0.717) is 6.54 Å². The molecule has 5 heteroatoms. The van der Waals surface area contributed by atoms with Crippen LogP contribution in [0.1, 0.15) is 30.8 Å². The first kappa shape index (κ1) is 14.2. The van der Waals surface area contributed by atoms with Gasteiger partial charge in [-0.15, -0.1) is 0 Å². The SMILES string of the molecule is CCc1nn(-c2ccc(Br)cn2)c(CC)c1CCN. The lowest BCUT2D eigenvalue weighted by Crippen LogP contribution is -2.08. The topological polar surface area (TPSA) is 56.7 Å². The van der Waals surface area contributed by atoms with Crippen molar-refractivity contribution in [2.45, 2.75) is 33.1 Å². The van der Waals surface area contributed by atoms with Crippen LogP contribution in [-0.4, -0.2) is 21.3 Å². The van der Waals surface area contributed by atoms with Gasteiger partial charge in [-0.05, 0) is 59.4 Å². The summed E-state index contributed by atoms with van der Waals surface area (Å²) in [6, 6.07) is 3.96. The van der Waals surface area contributed by atoms with Gasteiger partial charge >= 0.3 is 0 Å². The van der Waals surface area contributed by atoms with Crippen molar-refractivity contribution < 1.29 is 0 Å². The lowest BCUT2D eigenvalue weighted by atomic mass is 10.1. The van der Waals surface area contributed by atoms with Crippen molar-refractivity contribution in [1.82, 2.24) is 14.8 Å². The fraction of sp³-hybridized carbons (Fsp3) is 0.429. The average molecular weight is 323 g/mol.